The van der Waals surface area contributed by atoms with E-state index in [0.29, 0.717) is 30.0 Å². The first-order valence-corrected chi connectivity index (χ1v) is 19.1. The Morgan fingerprint density at radius 3 is 1.66 bits per heavy atom. The topological polar surface area (TPSA) is 128 Å². The van der Waals surface area contributed by atoms with Crippen LogP contribution in [0.5, 0.6) is 11.5 Å². The molecule has 3 N–H and O–H groups in total. The van der Waals surface area contributed by atoms with E-state index in [9.17, 15) is 24.3 Å². The quantitative estimate of drug-likeness (QED) is 0.102. The smallest absolute Gasteiger partial charge is 0.238 e. The molecule has 0 aromatic heterocycles. The van der Waals surface area contributed by atoms with Crippen molar-refractivity contribution in [3.8, 4) is 11.5 Å². The number of amides is 4. The summed E-state index contributed by atoms with van der Waals surface area (Å²) in [6, 6.07) is 39.0. The van der Waals surface area contributed by atoms with Crippen LogP contribution < -0.4 is 25.2 Å². The second kappa shape index (κ2) is 14.2. The molecule has 56 heavy (non-hydrogen) atoms. The van der Waals surface area contributed by atoms with Gasteiger partial charge in [0.1, 0.15) is 0 Å². The second-order valence-electron chi connectivity index (χ2n) is 14.8. The number of ether oxygens (including phenoxy) is 1. The number of rotatable bonds is 9. The molecule has 2 heterocycles. The van der Waals surface area contributed by atoms with E-state index in [1.54, 1.807) is 42.5 Å². The number of nitrogens with zero attached hydrogens (tertiary/aromatic N) is 2. The molecule has 9 rings (SSSR count). The fourth-order valence-electron chi connectivity index (χ4n) is 9.27. The summed E-state index contributed by atoms with van der Waals surface area (Å²) in [4.78, 5) is 60.4. The summed E-state index contributed by atoms with van der Waals surface area (Å²) >= 11 is 0. The lowest BCUT2D eigenvalue weighted by Gasteiger charge is -2.44. The lowest BCUT2D eigenvalue weighted by molar-refractivity contribution is -0.126. The van der Waals surface area contributed by atoms with Gasteiger partial charge in [-0.1, -0.05) is 60.2 Å². The van der Waals surface area contributed by atoms with Crippen molar-refractivity contribution in [2.24, 2.45) is 29.6 Å². The minimum absolute atomic E-state index is 0.100. The third kappa shape index (κ3) is 5.89. The number of carbonyl (C=O) groups excluding carboxylic acids is 4. The van der Waals surface area contributed by atoms with Crippen LogP contribution in [0.15, 0.2) is 139 Å². The Balaban J connectivity index is 1.05. The molecule has 10 heteroatoms. The number of anilines is 6. The Kier molecular flexibility index (Phi) is 8.88. The van der Waals surface area contributed by atoms with E-state index in [-0.39, 0.29) is 41.5 Å². The Bertz CT molecular complexity index is 2360. The van der Waals surface area contributed by atoms with Gasteiger partial charge >= 0.3 is 0 Å². The van der Waals surface area contributed by atoms with Gasteiger partial charge in [-0.05, 0) is 105 Å². The Morgan fingerprint density at radius 2 is 1.11 bits per heavy atom. The van der Waals surface area contributed by atoms with Crippen LogP contribution in [0.4, 0.5) is 34.1 Å². The number of phenolic OH excluding ortho intramolecular Hbond substituents is 1. The van der Waals surface area contributed by atoms with Crippen LogP contribution in [0.25, 0.3) is 0 Å². The third-order valence-electron chi connectivity index (χ3n) is 11.7. The molecular formula is C46H40N4O6. The zero-order valence-corrected chi connectivity index (χ0v) is 30.7. The molecule has 2 aliphatic heterocycles. The first-order valence-electron chi connectivity index (χ1n) is 19.1. The minimum atomic E-state index is -0.834. The van der Waals surface area contributed by atoms with E-state index < -0.39 is 35.5 Å². The van der Waals surface area contributed by atoms with Crippen LogP contribution in [0.1, 0.15) is 31.2 Å². The van der Waals surface area contributed by atoms with Gasteiger partial charge in [-0.3, -0.25) is 29.0 Å². The number of nitrogens with one attached hydrogen (secondary N) is 2. The maximum Gasteiger partial charge on any atom is 0.238 e. The molecule has 0 spiro atoms. The first-order chi connectivity index (χ1) is 27.3. The predicted octanol–water partition coefficient (Wildman–Crippen LogP) is 8.32. The van der Waals surface area contributed by atoms with Crippen LogP contribution >= 0.6 is 0 Å². The molecule has 2 saturated heterocycles. The van der Waals surface area contributed by atoms with Crippen molar-refractivity contribution >= 4 is 57.8 Å². The van der Waals surface area contributed by atoms with E-state index in [2.05, 4.69) is 10.6 Å². The molecule has 3 fully saturated rings. The Hall–Kier alpha value is -6.68. The molecule has 1 saturated carbocycles. The van der Waals surface area contributed by atoms with Crippen molar-refractivity contribution in [1.29, 1.82) is 0 Å². The van der Waals surface area contributed by atoms with Gasteiger partial charge in [0.2, 0.25) is 23.6 Å². The van der Waals surface area contributed by atoms with Crippen LogP contribution in [0.3, 0.4) is 0 Å². The highest BCUT2D eigenvalue weighted by atomic mass is 16.5. The largest absolute Gasteiger partial charge is 0.504 e. The highest BCUT2D eigenvalue weighted by molar-refractivity contribution is 6.24. The summed E-state index contributed by atoms with van der Waals surface area (Å²) in [5.74, 6) is -5.35. The number of carbonyl (C=O) groups is 4. The van der Waals surface area contributed by atoms with E-state index in [1.807, 2.05) is 97.9 Å². The Morgan fingerprint density at radius 1 is 0.589 bits per heavy atom. The summed E-state index contributed by atoms with van der Waals surface area (Å²) in [6.45, 7) is 2.14. The number of hydrogen-bond acceptors (Lipinski definition) is 8. The molecule has 0 bridgehead atoms. The molecule has 4 amide bonds. The summed E-state index contributed by atoms with van der Waals surface area (Å²) in [7, 11) is 0. The van der Waals surface area contributed by atoms with Crippen LogP contribution in [-0.2, 0) is 19.2 Å². The average Bonchev–Trinajstić information content (AvgIpc) is 3.63. The van der Waals surface area contributed by atoms with E-state index in [1.165, 1.54) is 9.80 Å². The third-order valence-corrected chi connectivity index (χ3v) is 11.7. The van der Waals surface area contributed by atoms with Gasteiger partial charge in [0, 0.05) is 34.2 Å². The van der Waals surface area contributed by atoms with Crippen molar-refractivity contribution in [2.75, 3.05) is 27.0 Å². The number of aromatic hydroxyl groups is 1. The van der Waals surface area contributed by atoms with Gasteiger partial charge in [0.25, 0.3) is 0 Å². The van der Waals surface area contributed by atoms with Gasteiger partial charge in [-0.2, -0.15) is 0 Å². The lowest BCUT2D eigenvalue weighted by Crippen LogP contribution is -2.43. The van der Waals surface area contributed by atoms with Crippen molar-refractivity contribution in [3.05, 3.63) is 145 Å². The predicted molar refractivity (Wildman–Crippen MR) is 214 cm³/mol. The number of fused-ring (bicyclic) bond motifs is 4. The fourth-order valence-corrected chi connectivity index (χ4v) is 9.27. The number of hydrogen-bond donors (Lipinski definition) is 3. The lowest BCUT2D eigenvalue weighted by atomic mass is 9.57. The standard InChI is InChI=1S/C46H40N4O6/c1-2-56-38-15-9-14-34(42(38)51)39-33-24-25-35-40(45(54)49(43(35)52)31-20-16-29(17-21-31)47-27-10-5-3-6-11-27)36(33)26-37-41(39)46(55)50(44(37)53)32-22-18-30(19-23-32)48-28-12-7-4-8-13-28/h3-24,35-37,39-41,47-48,51H,2,25-26H2,1H3. The highest BCUT2D eigenvalue weighted by Gasteiger charge is 2.62. The molecule has 6 unspecified atom stereocenters. The Labute approximate surface area is 324 Å². The van der Waals surface area contributed by atoms with Gasteiger partial charge in [-0.25, -0.2) is 0 Å². The molecule has 5 aromatic rings. The molecule has 6 atom stereocenters. The molecule has 2 aliphatic carbocycles. The molecule has 5 aromatic carbocycles. The number of benzene rings is 5. The summed E-state index contributed by atoms with van der Waals surface area (Å²) < 4.78 is 5.77. The number of para-hydroxylation sites is 3. The summed E-state index contributed by atoms with van der Waals surface area (Å²) in [5.41, 5.74) is 5.60. The minimum Gasteiger partial charge on any atom is -0.504 e. The van der Waals surface area contributed by atoms with Crippen molar-refractivity contribution in [2.45, 2.75) is 25.7 Å². The highest BCUT2D eigenvalue weighted by Crippen LogP contribution is 2.60. The van der Waals surface area contributed by atoms with Crippen molar-refractivity contribution in [3.63, 3.8) is 0 Å². The number of allylic oxidation sites excluding steroid dienone is 2. The zero-order valence-electron chi connectivity index (χ0n) is 30.7. The van der Waals surface area contributed by atoms with E-state index in [4.69, 9.17) is 4.74 Å². The molecular weight excluding hydrogens is 705 g/mol. The molecule has 4 aliphatic rings. The van der Waals surface area contributed by atoms with E-state index in [0.717, 1.165) is 28.3 Å². The van der Waals surface area contributed by atoms with Gasteiger partial charge < -0.3 is 20.5 Å². The maximum absolute atomic E-state index is 14.6. The van der Waals surface area contributed by atoms with Crippen LogP contribution in [0, 0.1) is 29.6 Å². The normalized spacial score (nSPS) is 24.0. The second-order valence-corrected chi connectivity index (χ2v) is 14.8. The SMILES string of the molecule is CCOc1cccc(C2C3=CCC4C(=O)N(c5ccc(Nc6ccccc6)cc5)C(=O)C4C3CC3C(=O)N(c4ccc(Nc5ccccc5)cc4)C(=O)C32)c1O. The van der Waals surface area contributed by atoms with Crippen LogP contribution in [0.2, 0.25) is 0 Å². The number of imide groups is 2. The molecule has 0 radical (unpaired) electrons. The van der Waals surface area contributed by atoms with Crippen LogP contribution in [-0.4, -0.2) is 35.3 Å². The maximum atomic E-state index is 14.6. The van der Waals surface area contributed by atoms with Crippen molar-refractivity contribution < 1.29 is 29.0 Å². The monoisotopic (exact) mass is 744 g/mol. The summed E-state index contributed by atoms with van der Waals surface area (Å²) in [5, 5.41) is 18.3. The molecule has 280 valence electrons. The molecule has 10 nitrogen and oxygen atoms in total. The first kappa shape index (κ1) is 35.0. The fraction of sp³-hybridized carbons (Fsp3) is 0.217. The van der Waals surface area contributed by atoms with Gasteiger partial charge in [-0.15, -0.1) is 0 Å². The summed E-state index contributed by atoms with van der Waals surface area (Å²) in [6.07, 6.45) is 2.50. The number of phenols is 1. The van der Waals surface area contributed by atoms with E-state index >= 15 is 0 Å². The van der Waals surface area contributed by atoms with Gasteiger partial charge in [0.05, 0.1) is 41.7 Å². The zero-order chi connectivity index (χ0) is 38.5. The van der Waals surface area contributed by atoms with Gasteiger partial charge in [0.15, 0.2) is 11.5 Å². The van der Waals surface area contributed by atoms with Crippen molar-refractivity contribution in [1.82, 2.24) is 0 Å². The average molecular weight is 745 g/mol.